The van der Waals surface area contributed by atoms with Crippen LogP contribution in [-0.2, 0) is 0 Å². The van der Waals surface area contributed by atoms with E-state index in [4.69, 9.17) is 17.9 Å². The number of hydrogen-bond acceptors (Lipinski definition) is 2. The third-order valence-electron chi connectivity index (χ3n) is 8.51. The van der Waals surface area contributed by atoms with E-state index in [1.165, 1.54) is 69.8 Å². The van der Waals surface area contributed by atoms with Gasteiger partial charge in [-0.05, 0) is 81.7 Å². The summed E-state index contributed by atoms with van der Waals surface area (Å²) in [6.45, 7) is 15.5. The molecule has 1 aliphatic carbocycles. The largest absolute Gasteiger partial charge is 0.330 e. The molecule has 2 nitrogen and oxygen atoms in total. The minimum Gasteiger partial charge on any atom is -0.330 e. The van der Waals surface area contributed by atoms with Crippen molar-refractivity contribution in [1.29, 1.82) is 0 Å². The van der Waals surface area contributed by atoms with Crippen LogP contribution < -0.4 is 11.5 Å². The minimum atomic E-state index is -0.199. The Bertz CT molecular complexity index is 547. The van der Waals surface area contributed by atoms with Crippen molar-refractivity contribution in [3.8, 4) is 12.3 Å². The molecule has 1 aliphatic rings. The summed E-state index contributed by atoms with van der Waals surface area (Å²) >= 11 is 0. The van der Waals surface area contributed by atoms with E-state index in [0.717, 1.165) is 32.2 Å². The molecule has 0 bridgehead atoms. The summed E-state index contributed by atoms with van der Waals surface area (Å²) in [6, 6.07) is 0. The molecule has 4 N–H and O–H groups in total. The topological polar surface area (TPSA) is 52.0 Å². The molecule has 0 aliphatic heterocycles. The van der Waals surface area contributed by atoms with Gasteiger partial charge in [0.1, 0.15) is 0 Å². The Morgan fingerprint density at radius 3 is 2.16 bits per heavy atom. The molecule has 0 saturated heterocycles. The van der Waals surface area contributed by atoms with Gasteiger partial charge in [-0.1, -0.05) is 90.2 Å². The quantitative estimate of drug-likeness (QED) is 0.151. The van der Waals surface area contributed by atoms with Crippen LogP contribution in [0.1, 0.15) is 118 Å². The summed E-state index contributed by atoms with van der Waals surface area (Å²) in [6.07, 6.45) is 24.0. The Hall–Kier alpha value is -0.780. The van der Waals surface area contributed by atoms with Crippen LogP contribution in [0.25, 0.3) is 0 Å². The first kappa shape index (κ1) is 28.3. The van der Waals surface area contributed by atoms with Crippen LogP contribution in [0.3, 0.4) is 0 Å². The van der Waals surface area contributed by atoms with Crippen molar-refractivity contribution in [3.05, 3.63) is 12.2 Å². The first-order valence-electron chi connectivity index (χ1n) is 13.3. The molecule has 0 radical (unpaired) electrons. The van der Waals surface area contributed by atoms with Gasteiger partial charge in [-0.15, -0.1) is 6.42 Å². The van der Waals surface area contributed by atoms with Crippen LogP contribution in [0.15, 0.2) is 12.2 Å². The molecule has 1 fully saturated rings. The third-order valence-corrected chi connectivity index (χ3v) is 8.51. The van der Waals surface area contributed by atoms with Gasteiger partial charge >= 0.3 is 0 Å². The van der Waals surface area contributed by atoms with Gasteiger partial charge in [0.05, 0.1) is 0 Å². The predicted molar refractivity (Wildman–Crippen MR) is 139 cm³/mol. The first-order valence-corrected chi connectivity index (χ1v) is 13.3. The monoisotopic (exact) mass is 430 g/mol. The van der Waals surface area contributed by atoms with E-state index in [0.29, 0.717) is 24.3 Å². The van der Waals surface area contributed by atoms with Crippen LogP contribution in [0.5, 0.6) is 0 Å². The molecule has 0 amide bonds. The fourth-order valence-corrected chi connectivity index (χ4v) is 6.61. The molecule has 5 atom stereocenters. The van der Waals surface area contributed by atoms with Gasteiger partial charge in [-0.25, -0.2) is 0 Å². The summed E-state index contributed by atoms with van der Waals surface area (Å²) in [5.74, 6) is 4.95. The SMILES string of the molecule is C#CC(C)(CCN)C1(C)CC(CCN)CC(C)C1C(=C)CCCCCCCCCCC. The molecule has 2 heteroatoms. The molecular formula is C29H54N2. The zero-order chi connectivity index (χ0) is 23.3. The minimum absolute atomic E-state index is 0.0367. The highest BCUT2D eigenvalue weighted by Gasteiger charge is 2.53. The number of terminal acetylenes is 1. The van der Waals surface area contributed by atoms with Gasteiger partial charge < -0.3 is 11.5 Å². The molecular weight excluding hydrogens is 376 g/mol. The van der Waals surface area contributed by atoms with E-state index in [2.05, 4.69) is 40.2 Å². The molecule has 0 aromatic rings. The third kappa shape index (κ3) is 7.94. The molecule has 31 heavy (non-hydrogen) atoms. The molecule has 180 valence electrons. The zero-order valence-corrected chi connectivity index (χ0v) is 21.5. The molecule has 1 saturated carbocycles. The molecule has 0 spiro atoms. The number of unbranched alkanes of at least 4 members (excludes halogenated alkanes) is 8. The maximum absolute atomic E-state index is 6.17. The summed E-state index contributed by atoms with van der Waals surface area (Å²) in [4.78, 5) is 0. The van der Waals surface area contributed by atoms with Gasteiger partial charge in [-0.2, -0.15) is 0 Å². The van der Waals surface area contributed by atoms with Crippen LogP contribution in [-0.4, -0.2) is 13.1 Å². The average Bonchev–Trinajstić information content (AvgIpc) is 2.72. The van der Waals surface area contributed by atoms with E-state index in [-0.39, 0.29) is 10.8 Å². The van der Waals surface area contributed by atoms with Gasteiger partial charge in [0, 0.05) is 5.41 Å². The second-order valence-electron chi connectivity index (χ2n) is 11.0. The number of hydrogen-bond donors (Lipinski definition) is 2. The summed E-state index contributed by atoms with van der Waals surface area (Å²) < 4.78 is 0. The average molecular weight is 431 g/mol. The lowest BCUT2D eigenvalue weighted by molar-refractivity contribution is -0.0328. The first-order chi connectivity index (χ1) is 14.8. The van der Waals surface area contributed by atoms with Crippen LogP contribution in [0.2, 0.25) is 0 Å². The Morgan fingerprint density at radius 2 is 1.65 bits per heavy atom. The lowest BCUT2D eigenvalue weighted by Crippen LogP contribution is -2.51. The van der Waals surface area contributed by atoms with Crippen molar-refractivity contribution in [2.24, 2.45) is 40.1 Å². The van der Waals surface area contributed by atoms with Crippen molar-refractivity contribution < 1.29 is 0 Å². The molecule has 1 rings (SSSR count). The molecule has 0 aromatic carbocycles. The van der Waals surface area contributed by atoms with E-state index in [1.807, 2.05) is 0 Å². The number of allylic oxidation sites excluding steroid dienone is 1. The number of nitrogens with two attached hydrogens (primary N) is 2. The lowest BCUT2D eigenvalue weighted by atomic mass is 9.47. The van der Waals surface area contributed by atoms with Crippen molar-refractivity contribution >= 4 is 0 Å². The second-order valence-corrected chi connectivity index (χ2v) is 11.0. The number of rotatable bonds is 16. The van der Waals surface area contributed by atoms with Gasteiger partial charge in [0.25, 0.3) is 0 Å². The van der Waals surface area contributed by atoms with Crippen molar-refractivity contribution in [2.45, 2.75) is 118 Å². The summed E-state index contributed by atoms with van der Waals surface area (Å²) in [5, 5.41) is 0. The van der Waals surface area contributed by atoms with E-state index >= 15 is 0 Å². The molecule has 5 unspecified atom stereocenters. The fraction of sp³-hybridized carbons (Fsp3) is 0.862. The maximum atomic E-state index is 6.17. The predicted octanol–water partition coefficient (Wildman–Crippen LogP) is 7.47. The molecule has 0 aromatic heterocycles. The smallest absolute Gasteiger partial charge is 0.0355 e. The normalized spacial score (nSPS) is 28.1. The lowest BCUT2D eigenvalue weighted by Gasteiger charge is -2.56. The van der Waals surface area contributed by atoms with Crippen LogP contribution >= 0.6 is 0 Å². The fourth-order valence-electron chi connectivity index (χ4n) is 6.61. The maximum Gasteiger partial charge on any atom is 0.0355 e. The van der Waals surface area contributed by atoms with Crippen molar-refractivity contribution in [1.82, 2.24) is 0 Å². The summed E-state index contributed by atoms with van der Waals surface area (Å²) in [5.41, 5.74) is 13.3. The molecule has 0 heterocycles. The van der Waals surface area contributed by atoms with Gasteiger partial charge in [0.15, 0.2) is 0 Å². The van der Waals surface area contributed by atoms with Crippen molar-refractivity contribution in [3.63, 3.8) is 0 Å². The van der Waals surface area contributed by atoms with Gasteiger partial charge in [0.2, 0.25) is 0 Å². The Labute approximate surface area is 195 Å². The van der Waals surface area contributed by atoms with Crippen molar-refractivity contribution in [2.75, 3.05) is 13.1 Å². The second kappa shape index (κ2) is 14.4. The van der Waals surface area contributed by atoms with E-state index < -0.39 is 0 Å². The Balaban J connectivity index is 2.74. The highest BCUT2D eigenvalue weighted by molar-refractivity contribution is 5.21. The van der Waals surface area contributed by atoms with Crippen LogP contribution in [0.4, 0.5) is 0 Å². The van der Waals surface area contributed by atoms with Gasteiger partial charge in [-0.3, -0.25) is 0 Å². The van der Waals surface area contributed by atoms with E-state index in [1.54, 1.807) is 0 Å². The highest BCUT2D eigenvalue weighted by Crippen LogP contribution is 2.60. The van der Waals surface area contributed by atoms with Crippen LogP contribution in [0, 0.1) is 40.9 Å². The highest BCUT2D eigenvalue weighted by atomic mass is 14.6. The Morgan fingerprint density at radius 1 is 1.06 bits per heavy atom. The Kier molecular flexibility index (Phi) is 13.1. The van der Waals surface area contributed by atoms with E-state index in [9.17, 15) is 0 Å². The standard InChI is InChI=1S/C29H54N2/c1-7-9-10-11-12-13-14-15-16-17-24(3)27-25(4)22-26(18-20-30)23-29(27,6)28(5,8-2)19-21-31/h2,25-27H,3,7,9-23,30-31H2,1,4-6H3. The zero-order valence-electron chi connectivity index (χ0n) is 21.5. The summed E-state index contributed by atoms with van der Waals surface area (Å²) in [7, 11) is 0.